The number of nitrogens with zero attached hydrogens (tertiary/aromatic N) is 2. The van der Waals surface area contributed by atoms with Crippen LogP contribution >= 0.6 is 11.6 Å². The molecule has 4 nitrogen and oxygen atoms in total. The molecule has 0 bridgehead atoms. The van der Waals surface area contributed by atoms with Crippen molar-refractivity contribution in [2.75, 3.05) is 6.61 Å². The van der Waals surface area contributed by atoms with Crippen LogP contribution in [0.25, 0.3) is 10.9 Å². The molecule has 0 aliphatic heterocycles. The summed E-state index contributed by atoms with van der Waals surface area (Å²) in [5.74, 6) is 0.359. The molecule has 0 saturated heterocycles. The molecule has 24 heavy (non-hydrogen) atoms. The van der Waals surface area contributed by atoms with Gasteiger partial charge in [0.15, 0.2) is 6.61 Å². The number of halogens is 1. The normalized spacial score (nSPS) is 10.6. The van der Waals surface area contributed by atoms with Crippen LogP contribution in [0.15, 0.2) is 42.6 Å². The first kappa shape index (κ1) is 16.1. The number of hydrogen-bond donors (Lipinski definition) is 0. The van der Waals surface area contributed by atoms with Gasteiger partial charge in [-0.2, -0.15) is 5.26 Å². The van der Waals surface area contributed by atoms with Gasteiger partial charge in [-0.1, -0.05) is 29.8 Å². The van der Waals surface area contributed by atoms with E-state index in [1.54, 1.807) is 18.3 Å². The standard InChI is InChI=1S/C19H15ClN2O2/c1-12-7-15(8-13(2)19(12)20)24-11-18(23)22-10-14(9-21)16-5-3-4-6-17(16)22/h3-8,10H,11H2,1-2H3. The van der Waals surface area contributed by atoms with Crippen LogP contribution in [0.3, 0.4) is 0 Å². The summed E-state index contributed by atoms with van der Waals surface area (Å²) >= 11 is 6.14. The third-order valence-corrected chi connectivity index (χ3v) is 4.47. The molecule has 2 aromatic carbocycles. The zero-order valence-corrected chi connectivity index (χ0v) is 14.1. The predicted molar refractivity (Wildman–Crippen MR) is 93.7 cm³/mol. The largest absolute Gasteiger partial charge is 0.484 e. The van der Waals surface area contributed by atoms with Crippen LogP contribution in [0.4, 0.5) is 0 Å². The van der Waals surface area contributed by atoms with Crippen molar-refractivity contribution in [3.63, 3.8) is 0 Å². The average molecular weight is 339 g/mol. The lowest BCUT2D eigenvalue weighted by Crippen LogP contribution is -2.18. The van der Waals surface area contributed by atoms with Crippen molar-refractivity contribution >= 4 is 28.4 Å². The van der Waals surface area contributed by atoms with Gasteiger partial charge in [0, 0.05) is 16.6 Å². The molecular formula is C19H15ClN2O2. The highest BCUT2D eigenvalue weighted by Crippen LogP contribution is 2.26. The van der Waals surface area contributed by atoms with E-state index < -0.39 is 0 Å². The maximum atomic E-state index is 12.5. The van der Waals surface area contributed by atoms with Gasteiger partial charge in [-0.15, -0.1) is 0 Å². The Morgan fingerprint density at radius 3 is 2.58 bits per heavy atom. The Kier molecular flexibility index (Phi) is 4.28. The molecular weight excluding hydrogens is 324 g/mol. The molecule has 1 heterocycles. The van der Waals surface area contributed by atoms with Crippen molar-refractivity contribution < 1.29 is 9.53 Å². The molecule has 0 N–H and O–H groups in total. The van der Waals surface area contributed by atoms with Gasteiger partial charge >= 0.3 is 0 Å². The molecule has 5 heteroatoms. The highest BCUT2D eigenvalue weighted by atomic mass is 35.5. The number of rotatable bonds is 3. The fourth-order valence-electron chi connectivity index (χ4n) is 2.68. The van der Waals surface area contributed by atoms with E-state index in [4.69, 9.17) is 16.3 Å². The van der Waals surface area contributed by atoms with Crippen molar-refractivity contribution in [3.05, 3.63) is 64.3 Å². The van der Waals surface area contributed by atoms with E-state index in [2.05, 4.69) is 6.07 Å². The first-order valence-electron chi connectivity index (χ1n) is 7.44. The maximum absolute atomic E-state index is 12.5. The van der Waals surface area contributed by atoms with Gasteiger partial charge < -0.3 is 4.74 Å². The van der Waals surface area contributed by atoms with Crippen LogP contribution in [0.2, 0.25) is 5.02 Å². The minimum absolute atomic E-state index is 0.121. The van der Waals surface area contributed by atoms with E-state index in [1.165, 1.54) is 4.57 Å². The number of hydrogen-bond acceptors (Lipinski definition) is 3. The van der Waals surface area contributed by atoms with Crippen molar-refractivity contribution in [2.24, 2.45) is 0 Å². The number of carbonyl (C=O) groups excluding carboxylic acids is 1. The van der Waals surface area contributed by atoms with E-state index in [0.29, 0.717) is 21.9 Å². The predicted octanol–water partition coefficient (Wildman–Crippen LogP) is 4.50. The van der Waals surface area contributed by atoms with Crippen LogP contribution in [0.5, 0.6) is 5.75 Å². The number of nitriles is 1. The Balaban J connectivity index is 1.85. The summed E-state index contributed by atoms with van der Waals surface area (Å²) < 4.78 is 7.08. The minimum atomic E-state index is -0.238. The van der Waals surface area contributed by atoms with Gasteiger partial charge in [-0.3, -0.25) is 9.36 Å². The van der Waals surface area contributed by atoms with Crippen LogP contribution in [-0.4, -0.2) is 17.1 Å². The molecule has 0 fully saturated rings. The molecule has 0 amide bonds. The molecule has 120 valence electrons. The first-order valence-corrected chi connectivity index (χ1v) is 7.82. The second-order valence-corrected chi connectivity index (χ2v) is 5.97. The zero-order chi connectivity index (χ0) is 17.3. The lowest BCUT2D eigenvalue weighted by molar-refractivity contribution is 0.0843. The molecule has 0 aliphatic carbocycles. The summed E-state index contributed by atoms with van der Waals surface area (Å²) in [6.07, 6.45) is 1.55. The highest BCUT2D eigenvalue weighted by Gasteiger charge is 2.14. The van der Waals surface area contributed by atoms with Crippen molar-refractivity contribution in [1.82, 2.24) is 4.57 Å². The Labute approximate surface area is 144 Å². The summed E-state index contributed by atoms with van der Waals surface area (Å²) in [5.41, 5.74) is 2.97. The number of aromatic nitrogens is 1. The van der Waals surface area contributed by atoms with Gasteiger partial charge in [-0.25, -0.2) is 0 Å². The van der Waals surface area contributed by atoms with Gasteiger partial charge in [-0.05, 0) is 43.2 Å². The lowest BCUT2D eigenvalue weighted by atomic mass is 10.1. The summed E-state index contributed by atoms with van der Waals surface area (Å²) in [6.45, 7) is 3.66. The van der Waals surface area contributed by atoms with Crippen LogP contribution in [0, 0.1) is 25.2 Å². The maximum Gasteiger partial charge on any atom is 0.269 e. The van der Waals surface area contributed by atoms with Gasteiger partial charge in [0.05, 0.1) is 11.1 Å². The van der Waals surface area contributed by atoms with Gasteiger partial charge in [0.1, 0.15) is 11.8 Å². The summed E-state index contributed by atoms with van der Waals surface area (Å²) in [7, 11) is 0. The zero-order valence-electron chi connectivity index (χ0n) is 13.3. The molecule has 1 aromatic heterocycles. The number of ether oxygens (including phenoxy) is 1. The Morgan fingerprint density at radius 1 is 1.25 bits per heavy atom. The van der Waals surface area contributed by atoms with Crippen molar-refractivity contribution in [3.8, 4) is 11.8 Å². The number of aryl methyl sites for hydroxylation is 2. The molecule has 3 rings (SSSR count). The van der Waals surface area contributed by atoms with Gasteiger partial charge in [0.25, 0.3) is 5.91 Å². The number of carbonyl (C=O) groups is 1. The molecule has 0 spiro atoms. The van der Waals surface area contributed by atoms with Crippen LogP contribution in [-0.2, 0) is 0 Å². The van der Waals surface area contributed by atoms with Crippen LogP contribution in [0.1, 0.15) is 21.5 Å². The second-order valence-electron chi connectivity index (χ2n) is 5.60. The molecule has 0 radical (unpaired) electrons. The van der Waals surface area contributed by atoms with Crippen molar-refractivity contribution in [1.29, 1.82) is 5.26 Å². The van der Waals surface area contributed by atoms with E-state index in [-0.39, 0.29) is 12.5 Å². The summed E-state index contributed by atoms with van der Waals surface area (Å²) in [5, 5.41) is 10.7. The van der Waals surface area contributed by atoms with Crippen LogP contribution < -0.4 is 4.74 Å². The lowest BCUT2D eigenvalue weighted by Gasteiger charge is -2.10. The first-order chi connectivity index (χ1) is 11.5. The fraction of sp³-hybridized carbons (Fsp3) is 0.158. The SMILES string of the molecule is Cc1cc(OCC(=O)n2cc(C#N)c3ccccc32)cc(C)c1Cl. The number of para-hydroxylation sites is 1. The average Bonchev–Trinajstić information content (AvgIpc) is 2.96. The smallest absolute Gasteiger partial charge is 0.269 e. The topological polar surface area (TPSA) is 55.0 Å². The highest BCUT2D eigenvalue weighted by molar-refractivity contribution is 6.32. The molecule has 3 aromatic rings. The monoisotopic (exact) mass is 338 g/mol. The third-order valence-electron chi connectivity index (χ3n) is 3.87. The Morgan fingerprint density at radius 2 is 1.92 bits per heavy atom. The summed E-state index contributed by atoms with van der Waals surface area (Å²) in [6, 6.07) is 13.0. The summed E-state index contributed by atoms with van der Waals surface area (Å²) in [4.78, 5) is 12.5. The number of benzene rings is 2. The Bertz CT molecular complexity index is 960. The third kappa shape index (κ3) is 2.86. The minimum Gasteiger partial charge on any atom is -0.484 e. The molecule has 0 atom stereocenters. The fourth-order valence-corrected chi connectivity index (χ4v) is 2.79. The second kappa shape index (κ2) is 6.38. The van der Waals surface area contributed by atoms with E-state index in [0.717, 1.165) is 16.5 Å². The number of fused-ring (bicyclic) bond motifs is 1. The molecule has 0 saturated carbocycles. The van der Waals surface area contributed by atoms with E-state index in [9.17, 15) is 10.1 Å². The van der Waals surface area contributed by atoms with Crippen molar-refractivity contribution in [2.45, 2.75) is 13.8 Å². The van der Waals surface area contributed by atoms with Gasteiger partial charge in [0.2, 0.25) is 0 Å². The Hall–Kier alpha value is -2.77. The van der Waals surface area contributed by atoms with E-state index >= 15 is 0 Å². The quantitative estimate of drug-likeness (QED) is 0.706. The molecule has 0 aliphatic rings. The van der Waals surface area contributed by atoms with E-state index in [1.807, 2.05) is 38.1 Å². The molecule has 0 unspecified atom stereocenters.